The summed E-state index contributed by atoms with van der Waals surface area (Å²) in [5.41, 5.74) is 3.37. The van der Waals surface area contributed by atoms with Gasteiger partial charge in [0.1, 0.15) is 6.04 Å². The van der Waals surface area contributed by atoms with Crippen LogP contribution in [0.5, 0.6) is 0 Å². The summed E-state index contributed by atoms with van der Waals surface area (Å²) in [6, 6.07) is 15.3. The smallest absolute Gasteiger partial charge is 0.409 e. The summed E-state index contributed by atoms with van der Waals surface area (Å²) in [5.74, 6) is 0.285. The number of ether oxygens (including phenoxy) is 1. The first-order chi connectivity index (χ1) is 22.7. The van der Waals surface area contributed by atoms with Crippen LogP contribution in [0.2, 0.25) is 5.02 Å². The van der Waals surface area contributed by atoms with Crippen LogP contribution >= 0.6 is 11.6 Å². The molecule has 3 aliphatic rings. The van der Waals surface area contributed by atoms with Gasteiger partial charge in [-0.1, -0.05) is 61.8 Å². The van der Waals surface area contributed by atoms with Gasteiger partial charge in [0.05, 0.1) is 6.61 Å². The molecule has 47 heavy (non-hydrogen) atoms. The van der Waals surface area contributed by atoms with E-state index in [1.807, 2.05) is 53.1 Å². The number of rotatable bonds is 11. The SMILES string of the molecule is CCOC(=O)N1CCC(N(CC(C)C)N2CCN(C(=O)[C@@H](Cc3ccc(Cl)cc3)NC(=O)CC3NCCc4ccccc43)CC2)CC1. The van der Waals surface area contributed by atoms with Crippen molar-refractivity contribution in [3.63, 3.8) is 0 Å². The van der Waals surface area contributed by atoms with Gasteiger partial charge in [-0.2, -0.15) is 0 Å². The van der Waals surface area contributed by atoms with E-state index in [9.17, 15) is 14.4 Å². The lowest BCUT2D eigenvalue weighted by atomic mass is 9.92. The number of benzene rings is 2. The number of carbonyl (C=O) groups is 3. The van der Waals surface area contributed by atoms with E-state index in [-0.39, 0.29) is 30.4 Å². The number of hydrazine groups is 1. The van der Waals surface area contributed by atoms with Crippen LogP contribution in [0.3, 0.4) is 0 Å². The number of piperazine rings is 1. The molecule has 0 spiro atoms. The quantitative estimate of drug-likeness (QED) is 0.370. The van der Waals surface area contributed by atoms with Gasteiger partial charge in [-0.15, -0.1) is 0 Å². The van der Waals surface area contributed by atoms with Crippen molar-refractivity contribution < 1.29 is 19.1 Å². The highest BCUT2D eigenvalue weighted by Crippen LogP contribution is 2.26. The molecule has 2 saturated heterocycles. The van der Waals surface area contributed by atoms with Gasteiger partial charge in [0.15, 0.2) is 0 Å². The molecular weight excluding hydrogens is 616 g/mol. The second kappa shape index (κ2) is 16.8. The zero-order valence-corrected chi connectivity index (χ0v) is 28.9. The van der Waals surface area contributed by atoms with Crippen molar-refractivity contribution in [2.75, 3.05) is 59.0 Å². The molecule has 2 atom stereocenters. The topological polar surface area (TPSA) is 97.5 Å². The van der Waals surface area contributed by atoms with Crippen LogP contribution in [0, 0.1) is 5.92 Å². The second-order valence-corrected chi connectivity index (χ2v) is 13.8. The van der Waals surface area contributed by atoms with Crippen LogP contribution in [-0.2, 0) is 27.2 Å². The maximum atomic E-state index is 14.1. The van der Waals surface area contributed by atoms with Gasteiger partial charge in [-0.3, -0.25) is 9.59 Å². The fraction of sp³-hybridized carbons (Fsp3) is 0.583. The second-order valence-electron chi connectivity index (χ2n) is 13.3. The average molecular weight is 667 g/mol. The number of carbonyl (C=O) groups excluding carboxylic acids is 3. The van der Waals surface area contributed by atoms with Gasteiger partial charge < -0.3 is 25.2 Å². The molecule has 0 aliphatic carbocycles. The minimum absolute atomic E-state index is 0.0527. The lowest BCUT2D eigenvalue weighted by Gasteiger charge is -2.47. The Morgan fingerprint density at radius 1 is 0.979 bits per heavy atom. The Bertz CT molecular complexity index is 1340. The number of piperidine rings is 1. The summed E-state index contributed by atoms with van der Waals surface area (Å²) < 4.78 is 5.22. The Kier molecular flexibility index (Phi) is 12.5. The van der Waals surface area contributed by atoms with Crippen LogP contribution in [0.1, 0.15) is 62.8 Å². The zero-order valence-electron chi connectivity index (χ0n) is 28.1. The van der Waals surface area contributed by atoms with Crippen molar-refractivity contribution in [2.45, 2.75) is 71.0 Å². The molecule has 5 rings (SSSR count). The summed E-state index contributed by atoms with van der Waals surface area (Å²) in [6.45, 7) is 12.4. The highest BCUT2D eigenvalue weighted by molar-refractivity contribution is 6.30. The van der Waals surface area contributed by atoms with Gasteiger partial charge in [-0.25, -0.2) is 14.8 Å². The number of likely N-dealkylation sites (tertiary alicyclic amines) is 1. The highest BCUT2D eigenvalue weighted by Gasteiger charge is 2.35. The minimum atomic E-state index is -0.673. The number of amides is 3. The monoisotopic (exact) mass is 666 g/mol. The van der Waals surface area contributed by atoms with Crippen LogP contribution in [0.15, 0.2) is 48.5 Å². The number of nitrogens with one attached hydrogen (secondary N) is 2. The van der Waals surface area contributed by atoms with Crippen molar-refractivity contribution in [3.8, 4) is 0 Å². The molecule has 256 valence electrons. The molecule has 11 heteroatoms. The number of halogens is 1. The average Bonchev–Trinajstić information content (AvgIpc) is 3.08. The van der Waals surface area contributed by atoms with E-state index in [4.69, 9.17) is 16.3 Å². The Balaban J connectivity index is 1.22. The van der Waals surface area contributed by atoms with E-state index < -0.39 is 6.04 Å². The van der Waals surface area contributed by atoms with E-state index in [0.717, 1.165) is 56.6 Å². The normalized spacial score (nSPS) is 19.8. The third-order valence-corrected chi connectivity index (χ3v) is 9.74. The molecule has 10 nitrogen and oxygen atoms in total. The summed E-state index contributed by atoms with van der Waals surface area (Å²) in [5, 5.41) is 12.1. The zero-order chi connectivity index (χ0) is 33.3. The van der Waals surface area contributed by atoms with Gasteiger partial charge >= 0.3 is 6.09 Å². The predicted molar refractivity (Wildman–Crippen MR) is 184 cm³/mol. The maximum absolute atomic E-state index is 14.1. The van der Waals surface area contributed by atoms with Gasteiger partial charge in [0.25, 0.3) is 0 Å². The first kappa shape index (κ1) is 35.1. The Labute approximate surface area is 284 Å². The molecule has 3 heterocycles. The molecule has 3 aliphatic heterocycles. The van der Waals surface area contributed by atoms with Crippen LogP contribution in [0.4, 0.5) is 4.79 Å². The van der Waals surface area contributed by atoms with Crippen molar-refractivity contribution in [1.82, 2.24) is 30.5 Å². The maximum Gasteiger partial charge on any atom is 0.409 e. The molecule has 2 aromatic rings. The number of hydrogen-bond acceptors (Lipinski definition) is 7. The van der Waals surface area contributed by atoms with Crippen LogP contribution < -0.4 is 10.6 Å². The standard InChI is InChI=1S/C36H51ClN6O4/c1-4-47-36(46)41-17-14-30(15-18-41)43(25-26(2)3)42-21-19-40(20-22-42)35(45)33(23-27-9-11-29(37)12-10-27)39-34(44)24-32-31-8-6-5-7-28(31)13-16-38-32/h5-12,26,30,32-33,38H,4,13-25H2,1-3H3,(H,39,44)/t32?,33-/m1/s1. The van der Waals surface area contributed by atoms with E-state index in [0.29, 0.717) is 56.2 Å². The van der Waals surface area contributed by atoms with Crippen molar-refractivity contribution >= 4 is 29.5 Å². The van der Waals surface area contributed by atoms with Crippen molar-refractivity contribution in [2.24, 2.45) is 5.92 Å². The van der Waals surface area contributed by atoms with E-state index >= 15 is 0 Å². The molecular formula is C36H51ClN6O4. The molecule has 0 saturated carbocycles. The number of nitrogens with zero attached hydrogens (tertiary/aromatic N) is 4. The Hall–Kier alpha value is -3.18. The predicted octanol–water partition coefficient (Wildman–Crippen LogP) is 4.28. The van der Waals surface area contributed by atoms with Crippen molar-refractivity contribution in [1.29, 1.82) is 0 Å². The Morgan fingerprint density at radius 2 is 1.68 bits per heavy atom. The minimum Gasteiger partial charge on any atom is -0.450 e. The van der Waals surface area contributed by atoms with Gasteiger partial charge in [0, 0.05) is 75.8 Å². The fourth-order valence-corrected chi connectivity index (χ4v) is 7.22. The van der Waals surface area contributed by atoms with E-state index in [1.54, 1.807) is 0 Å². The lowest BCUT2D eigenvalue weighted by molar-refractivity contribution is -0.144. The van der Waals surface area contributed by atoms with Crippen LogP contribution in [-0.4, -0.2) is 109 Å². The van der Waals surface area contributed by atoms with Gasteiger partial charge in [-0.05, 0) is 67.5 Å². The summed E-state index contributed by atoms with van der Waals surface area (Å²) in [6.07, 6.45) is 3.16. The highest BCUT2D eigenvalue weighted by atomic mass is 35.5. The largest absolute Gasteiger partial charge is 0.450 e. The first-order valence-electron chi connectivity index (χ1n) is 17.3. The van der Waals surface area contributed by atoms with Crippen LogP contribution in [0.25, 0.3) is 0 Å². The lowest BCUT2D eigenvalue weighted by Crippen LogP contribution is -2.61. The summed E-state index contributed by atoms with van der Waals surface area (Å²) in [4.78, 5) is 43.6. The van der Waals surface area contributed by atoms with E-state index in [2.05, 4.69) is 46.6 Å². The molecule has 3 amide bonds. The molecule has 0 bridgehead atoms. The summed E-state index contributed by atoms with van der Waals surface area (Å²) in [7, 11) is 0. The molecule has 2 fully saturated rings. The molecule has 1 unspecified atom stereocenters. The number of fused-ring (bicyclic) bond motifs is 1. The molecule has 2 N–H and O–H groups in total. The molecule has 2 aromatic carbocycles. The van der Waals surface area contributed by atoms with Crippen molar-refractivity contribution in [3.05, 3.63) is 70.2 Å². The van der Waals surface area contributed by atoms with E-state index in [1.165, 1.54) is 5.56 Å². The third-order valence-electron chi connectivity index (χ3n) is 9.49. The first-order valence-corrected chi connectivity index (χ1v) is 17.7. The fourth-order valence-electron chi connectivity index (χ4n) is 7.09. The van der Waals surface area contributed by atoms with Gasteiger partial charge in [0.2, 0.25) is 11.8 Å². The Morgan fingerprint density at radius 3 is 2.36 bits per heavy atom. The molecule has 0 aromatic heterocycles. The number of hydrogen-bond donors (Lipinski definition) is 2. The molecule has 0 radical (unpaired) electrons. The third kappa shape index (κ3) is 9.47. The summed E-state index contributed by atoms with van der Waals surface area (Å²) >= 11 is 6.14.